The number of nitrogens with zero attached hydrogens (tertiary/aromatic N) is 1. The number of benzene rings is 1. The molecule has 0 saturated heterocycles. The number of imide groups is 1. The highest BCUT2D eigenvalue weighted by Gasteiger charge is 2.38. The second-order valence-corrected chi connectivity index (χ2v) is 4.37. The van der Waals surface area contributed by atoms with Crippen LogP contribution in [0.1, 0.15) is 0 Å². The van der Waals surface area contributed by atoms with Crippen molar-refractivity contribution in [2.24, 2.45) is 0 Å². The van der Waals surface area contributed by atoms with E-state index < -0.39 is 11.8 Å². The second kappa shape index (κ2) is 5.11. The molecule has 0 spiro atoms. The zero-order valence-electron chi connectivity index (χ0n) is 10.1. The fourth-order valence-corrected chi connectivity index (χ4v) is 2.01. The Bertz CT molecular complexity index is 573. The van der Waals surface area contributed by atoms with E-state index in [4.69, 9.17) is 32.7 Å². The number of hydrogen-bond acceptors (Lipinski definition) is 4. The Balaban J connectivity index is 2.45. The van der Waals surface area contributed by atoms with E-state index >= 15 is 0 Å². The SMILES string of the molecule is COc1ccc(N2C(=O)C(Cl)=C(Cl)C2=O)cc1OC. The van der Waals surface area contributed by atoms with Gasteiger partial charge < -0.3 is 9.47 Å². The van der Waals surface area contributed by atoms with Gasteiger partial charge in [-0.1, -0.05) is 23.2 Å². The molecule has 100 valence electrons. The number of methoxy groups -OCH3 is 2. The monoisotopic (exact) mass is 301 g/mol. The van der Waals surface area contributed by atoms with Crippen LogP contribution in [0.4, 0.5) is 5.69 Å². The summed E-state index contributed by atoms with van der Waals surface area (Å²) in [5, 5.41) is -0.581. The predicted molar refractivity (Wildman–Crippen MR) is 70.8 cm³/mol. The Morgan fingerprint density at radius 1 is 0.947 bits per heavy atom. The van der Waals surface area contributed by atoms with Crippen molar-refractivity contribution >= 4 is 40.7 Å². The average Bonchev–Trinajstić information content (AvgIpc) is 2.62. The molecule has 2 rings (SSSR count). The van der Waals surface area contributed by atoms with Gasteiger partial charge in [0.2, 0.25) is 0 Å². The van der Waals surface area contributed by atoms with Crippen molar-refractivity contribution in [1.82, 2.24) is 0 Å². The van der Waals surface area contributed by atoms with E-state index in [9.17, 15) is 9.59 Å². The lowest BCUT2D eigenvalue weighted by Gasteiger charge is -2.16. The van der Waals surface area contributed by atoms with Gasteiger partial charge in [-0.15, -0.1) is 0 Å². The third-order valence-electron chi connectivity index (χ3n) is 2.60. The van der Waals surface area contributed by atoms with Gasteiger partial charge in [0, 0.05) is 6.07 Å². The smallest absolute Gasteiger partial charge is 0.278 e. The Morgan fingerprint density at radius 2 is 1.47 bits per heavy atom. The zero-order chi connectivity index (χ0) is 14.2. The summed E-state index contributed by atoms with van der Waals surface area (Å²) in [5.74, 6) is -0.456. The summed E-state index contributed by atoms with van der Waals surface area (Å²) in [6, 6.07) is 4.61. The summed E-state index contributed by atoms with van der Waals surface area (Å²) in [5.41, 5.74) is 0.307. The molecule has 2 amide bonds. The molecule has 1 aliphatic rings. The Hall–Kier alpha value is -1.72. The summed E-state index contributed by atoms with van der Waals surface area (Å²) in [6.45, 7) is 0. The van der Waals surface area contributed by atoms with E-state index in [-0.39, 0.29) is 10.1 Å². The largest absolute Gasteiger partial charge is 0.493 e. The number of hydrogen-bond donors (Lipinski definition) is 0. The third-order valence-corrected chi connectivity index (χ3v) is 3.40. The second-order valence-electron chi connectivity index (χ2n) is 3.61. The van der Waals surface area contributed by atoms with Gasteiger partial charge in [0.1, 0.15) is 10.1 Å². The lowest BCUT2D eigenvalue weighted by molar-refractivity contribution is -0.120. The van der Waals surface area contributed by atoms with Gasteiger partial charge in [-0.3, -0.25) is 9.59 Å². The van der Waals surface area contributed by atoms with Gasteiger partial charge in [0.25, 0.3) is 11.8 Å². The molecular formula is C12H9Cl2NO4. The number of carbonyl (C=O) groups is 2. The Labute approximate surface area is 119 Å². The molecule has 7 heteroatoms. The maximum atomic E-state index is 11.8. The van der Waals surface area contributed by atoms with Crippen molar-refractivity contribution < 1.29 is 19.1 Å². The zero-order valence-corrected chi connectivity index (χ0v) is 11.6. The molecule has 1 heterocycles. The standard InChI is InChI=1S/C12H9Cl2NO4/c1-18-7-4-3-6(5-8(7)19-2)15-11(16)9(13)10(14)12(15)17/h3-5H,1-2H3. The van der Waals surface area contributed by atoms with Crippen LogP contribution in [0.15, 0.2) is 28.3 Å². The van der Waals surface area contributed by atoms with Crippen LogP contribution >= 0.6 is 23.2 Å². The first-order chi connectivity index (χ1) is 9.01. The Morgan fingerprint density at radius 3 is 1.95 bits per heavy atom. The number of carbonyl (C=O) groups excluding carboxylic acids is 2. The number of anilines is 1. The summed E-state index contributed by atoms with van der Waals surface area (Å²) in [4.78, 5) is 24.6. The molecular weight excluding hydrogens is 293 g/mol. The highest BCUT2D eigenvalue weighted by atomic mass is 35.5. The van der Waals surface area contributed by atoms with Crippen LogP contribution < -0.4 is 14.4 Å². The molecule has 0 N–H and O–H groups in total. The summed E-state index contributed by atoms with van der Waals surface area (Å²) < 4.78 is 10.2. The lowest BCUT2D eigenvalue weighted by atomic mass is 10.2. The molecule has 0 aromatic heterocycles. The Kier molecular flexibility index (Phi) is 3.68. The summed E-state index contributed by atoms with van der Waals surface area (Å²) >= 11 is 11.3. The molecule has 0 aliphatic carbocycles. The van der Waals surface area contributed by atoms with E-state index in [0.717, 1.165) is 4.90 Å². The molecule has 0 fully saturated rings. The molecule has 1 aromatic rings. The van der Waals surface area contributed by atoms with Crippen molar-refractivity contribution in [1.29, 1.82) is 0 Å². The van der Waals surface area contributed by atoms with Crippen molar-refractivity contribution in [3.8, 4) is 11.5 Å². The minimum Gasteiger partial charge on any atom is -0.493 e. The molecule has 0 unspecified atom stereocenters. The number of halogens is 2. The normalized spacial score (nSPS) is 15.3. The van der Waals surface area contributed by atoms with Crippen LogP contribution in [0, 0.1) is 0 Å². The first kappa shape index (κ1) is 13.7. The van der Waals surface area contributed by atoms with Crippen LogP contribution in [0.3, 0.4) is 0 Å². The predicted octanol–water partition coefficient (Wildman–Crippen LogP) is 2.27. The van der Waals surface area contributed by atoms with E-state index in [1.807, 2.05) is 0 Å². The topological polar surface area (TPSA) is 55.8 Å². The minimum absolute atomic E-state index is 0.290. The number of ether oxygens (including phenoxy) is 2. The molecule has 0 radical (unpaired) electrons. The number of rotatable bonds is 3. The average molecular weight is 302 g/mol. The molecule has 1 aliphatic heterocycles. The third kappa shape index (κ3) is 2.15. The van der Waals surface area contributed by atoms with E-state index in [1.54, 1.807) is 6.07 Å². The molecule has 0 atom stereocenters. The summed E-state index contributed by atoms with van der Waals surface area (Å²) in [6.07, 6.45) is 0. The van der Waals surface area contributed by atoms with Gasteiger partial charge in [-0.2, -0.15) is 0 Å². The van der Waals surface area contributed by atoms with Gasteiger partial charge in [0.15, 0.2) is 11.5 Å². The van der Waals surface area contributed by atoms with Gasteiger partial charge in [-0.05, 0) is 12.1 Å². The maximum Gasteiger partial charge on any atom is 0.278 e. The van der Waals surface area contributed by atoms with Gasteiger partial charge in [-0.25, -0.2) is 4.90 Å². The summed E-state index contributed by atoms with van der Waals surface area (Å²) in [7, 11) is 2.94. The van der Waals surface area contributed by atoms with Crippen LogP contribution in [-0.2, 0) is 9.59 Å². The highest BCUT2D eigenvalue weighted by molar-refractivity contribution is 6.62. The fourth-order valence-electron chi connectivity index (χ4n) is 1.67. The molecule has 0 bridgehead atoms. The number of amides is 2. The quantitative estimate of drug-likeness (QED) is 0.804. The van der Waals surface area contributed by atoms with Crippen LogP contribution in [-0.4, -0.2) is 26.0 Å². The van der Waals surface area contributed by atoms with Crippen LogP contribution in [0.2, 0.25) is 0 Å². The van der Waals surface area contributed by atoms with Gasteiger partial charge in [0.05, 0.1) is 19.9 Å². The van der Waals surface area contributed by atoms with Crippen LogP contribution in [0.25, 0.3) is 0 Å². The lowest BCUT2D eigenvalue weighted by Crippen LogP contribution is -2.30. The van der Waals surface area contributed by atoms with Gasteiger partial charge >= 0.3 is 0 Å². The fraction of sp³-hybridized carbons (Fsp3) is 0.167. The van der Waals surface area contributed by atoms with E-state index in [2.05, 4.69) is 0 Å². The molecule has 0 saturated carbocycles. The molecule has 1 aromatic carbocycles. The first-order valence-electron chi connectivity index (χ1n) is 5.17. The highest BCUT2D eigenvalue weighted by Crippen LogP contribution is 2.36. The van der Waals surface area contributed by atoms with E-state index in [0.29, 0.717) is 17.2 Å². The first-order valence-corrected chi connectivity index (χ1v) is 5.93. The maximum absolute atomic E-state index is 11.8. The molecule has 5 nitrogen and oxygen atoms in total. The van der Waals surface area contributed by atoms with Crippen LogP contribution in [0.5, 0.6) is 11.5 Å². The van der Waals surface area contributed by atoms with Crippen molar-refractivity contribution in [3.63, 3.8) is 0 Å². The molecule has 19 heavy (non-hydrogen) atoms. The van der Waals surface area contributed by atoms with Crippen molar-refractivity contribution in [3.05, 3.63) is 28.3 Å². The minimum atomic E-state index is -0.663. The van der Waals surface area contributed by atoms with Crippen molar-refractivity contribution in [2.45, 2.75) is 0 Å². The van der Waals surface area contributed by atoms with Crippen molar-refractivity contribution in [2.75, 3.05) is 19.1 Å². The van der Waals surface area contributed by atoms with E-state index in [1.165, 1.54) is 26.4 Å².